The molecule has 2 amide bonds. The molecule has 0 aliphatic heterocycles. The molecule has 0 aliphatic rings. The van der Waals surface area contributed by atoms with Gasteiger partial charge in [0.15, 0.2) is 0 Å². The number of benzene rings is 4. The van der Waals surface area contributed by atoms with Gasteiger partial charge in [0.25, 0.3) is 10.0 Å². The Kier molecular flexibility index (Phi) is 10.8. The van der Waals surface area contributed by atoms with E-state index in [1.807, 2.05) is 12.1 Å². The number of phenols is 1. The molecule has 0 bridgehead atoms. The fraction of sp³-hybridized carbons (Fsp3) is 0.194. The van der Waals surface area contributed by atoms with Gasteiger partial charge in [0.2, 0.25) is 0 Å². The Morgan fingerprint density at radius 1 is 0.911 bits per heavy atom. The molecule has 8 nitrogen and oxygen atoms in total. The van der Waals surface area contributed by atoms with Crippen LogP contribution in [0, 0.1) is 5.82 Å². The molecule has 0 fully saturated rings. The highest BCUT2D eigenvalue weighted by Crippen LogP contribution is 2.33. The number of sulfonamides is 1. The molecule has 0 aliphatic carbocycles. The first-order chi connectivity index (χ1) is 21.3. The van der Waals surface area contributed by atoms with E-state index in [9.17, 15) is 35.9 Å². The van der Waals surface area contributed by atoms with E-state index in [1.54, 1.807) is 24.3 Å². The summed E-state index contributed by atoms with van der Waals surface area (Å²) in [4.78, 5) is 13.3. The van der Waals surface area contributed by atoms with Gasteiger partial charge in [-0.25, -0.2) is 17.6 Å². The summed E-state index contributed by atoms with van der Waals surface area (Å²) < 4.78 is 81.8. The van der Waals surface area contributed by atoms with E-state index in [-0.39, 0.29) is 33.7 Å². The largest absolute Gasteiger partial charge is 0.573 e. The number of carbonyl (C=O) groups is 1. The van der Waals surface area contributed by atoms with Crippen LogP contribution in [0.1, 0.15) is 31.2 Å². The highest BCUT2D eigenvalue weighted by atomic mass is 32.2. The van der Waals surface area contributed by atoms with E-state index in [1.165, 1.54) is 42.1 Å². The topological polar surface area (TPSA) is 117 Å². The quantitative estimate of drug-likeness (QED) is 0.0523. The predicted molar refractivity (Wildman–Crippen MR) is 166 cm³/mol. The van der Waals surface area contributed by atoms with Crippen molar-refractivity contribution in [1.82, 2.24) is 0 Å². The second-order valence-electron chi connectivity index (χ2n) is 9.81. The Bertz CT molecular complexity index is 1700. The summed E-state index contributed by atoms with van der Waals surface area (Å²) in [5.74, 6) is -0.414. The first-order valence-electron chi connectivity index (χ1n) is 13.6. The first kappa shape index (κ1) is 33.5. The van der Waals surface area contributed by atoms with Crippen molar-refractivity contribution in [3.8, 4) is 11.5 Å². The van der Waals surface area contributed by atoms with E-state index in [0.717, 1.165) is 47.6 Å². The third-order valence-corrected chi connectivity index (χ3v) is 8.96. The van der Waals surface area contributed by atoms with Gasteiger partial charge in [-0.05, 0) is 96.8 Å². The number of amides is 2. The van der Waals surface area contributed by atoms with E-state index >= 15 is 0 Å². The number of hydrogen-bond acceptors (Lipinski definition) is 6. The van der Waals surface area contributed by atoms with Crippen molar-refractivity contribution in [3.05, 3.63) is 102 Å². The van der Waals surface area contributed by atoms with Gasteiger partial charge in [0, 0.05) is 22.0 Å². The van der Waals surface area contributed by atoms with Crippen molar-refractivity contribution in [3.63, 3.8) is 0 Å². The van der Waals surface area contributed by atoms with Gasteiger partial charge in [-0.15, -0.1) is 24.9 Å². The fourth-order valence-electron chi connectivity index (χ4n) is 4.27. The van der Waals surface area contributed by atoms with Crippen LogP contribution in [0.2, 0.25) is 0 Å². The Hall–Kier alpha value is -4.43. The molecular formula is C31H29F4N3O5S2. The molecule has 45 heavy (non-hydrogen) atoms. The number of hydrogen-bond donors (Lipinski definition) is 4. The van der Waals surface area contributed by atoms with Crippen LogP contribution in [-0.4, -0.2) is 31.7 Å². The SMILES string of the molecule is CCCC(CSc1ccc(OC(F)(F)F)cc1)c1ccc(NC(=O)Nc2ccc(O)c(NS(=O)(=O)c3ccc(F)cc3)c2)cc1. The summed E-state index contributed by atoms with van der Waals surface area (Å²) in [6, 6.07) is 20.4. The zero-order chi connectivity index (χ0) is 32.6. The molecule has 0 heterocycles. The molecule has 0 saturated carbocycles. The average Bonchev–Trinajstić information content (AvgIpc) is 2.97. The lowest BCUT2D eigenvalue weighted by Gasteiger charge is -2.17. The van der Waals surface area contributed by atoms with E-state index < -0.39 is 28.2 Å². The second kappa shape index (κ2) is 14.6. The Morgan fingerprint density at radius 3 is 2.16 bits per heavy atom. The molecule has 0 radical (unpaired) electrons. The standard InChI is InChI=1S/C31H29F4N3O5S2/c1-2-3-21(19-44-26-13-11-25(12-14-26)43-31(33,34)35)20-4-8-23(9-5-20)36-30(40)37-24-10-17-29(39)28(18-24)38-45(41,42)27-15-6-22(32)7-16-27/h4-18,21,38-39H,2-3,19H2,1H3,(H2,36,37,40). The predicted octanol–water partition coefficient (Wildman–Crippen LogP) is 8.55. The third-order valence-electron chi connectivity index (χ3n) is 6.41. The fourth-order valence-corrected chi connectivity index (χ4v) is 6.42. The van der Waals surface area contributed by atoms with Crippen molar-refractivity contribution in [1.29, 1.82) is 0 Å². The minimum Gasteiger partial charge on any atom is -0.506 e. The van der Waals surface area contributed by atoms with Gasteiger partial charge in [0.05, 0.1) is 10.6 Å². The normalized spacial score (nSPS) is 12.3. The maximum atomic E-state index is 13.2. The Balaban J connectivity index is 1.35. The number of rotatable bonds is 12. The number of carbonyl (C=O) groups excluding carboxylic acids is 1. The van der Waals surface area contributed by atoms with Crippen LogP contribution in [0.4, 0.5) is 39.4 Å². The van der Waals surface area contributed by atoms with Gasteiger partial charge >= 0.3 is 12.4 Å². The number of urea groups is 1. The van der Waals surface area contributed by atoms with Crippen LogP contribution in [0.15, 0.2) is 101 Å². The Morgan fingerprint density at radius 2 is 1.53 bits per heavy atom. The summed E-state index contributed by atoms with van der Waals surface area (Å²) in [5.41, 5.74) is 1.53. The van der Waals surface area contributed by atoms with Crippen LogP contribution in [0.5, 0.6) is 11.5 Å². The van der Waals surface area contributed by atoms with Crippen molar-refractivity contribution in [2.75, 3.05) is 21.1 Å². The maximum Gasteiger partial charge on any atom is 0.573 e. The number of ether oxygens (including phenoxy) is 1. The van der Waals surface area contributed by atoms with Crippen LogP contribution in [0.3, 0.4) is 0 Å². The highest BCUT2D eigenvalue weighted by Gasteiger charge is 2.31. The number of halogens is 4. The van der Waals surface area contributed by atoms with Gasteiger partial charge < -0.3 is 20.5 Å². The number of nitrogens with one attached hydrogen (secondary N) is 3. The minimum absolute atomic E-state index is 0.156. The molecule has 4 aromatic carbocycles. The molecule has 4 aromatic rings. The first-order valence-corrected chi connectivity index (χ1v) is 16.1. The second-order valence-corrected chi connectivity index (χ2v) is 12.6. The van der Waals surface area contributed by atoms with E-state index in [2.05, 4.69) is 27.0 Å². The number of thioether (sulfide) groups is 1. The summed E-state index contributed by atoms with van der Waals surface area (Å²) >= 11 is 1.52. The van der Waals surface area contributed by atoms with Crippen LogP contribution < -0.4 is 20.1 Å². The molecule has 238 valence electrons. The molecule has 4 N–H and O–H groups in total. The van der Waals surface area contributed by atoms with Crippen molar-refractivity contribution in [2.24, 2.45) is 0 Å². The van der Waals surface area contributed by atoms with Crippen LogP contribution >= 0.6 is 11.8 Å². The molecule has 1 atom stereocenters. The molecule has 1 unspecified atom stereocenters. The van der Waals surface area contributed by atoms with E-state index in [0.29, 0.717) is 11.4 Å². The maximum absolute atomic E-state index is 13.2. The zero-order valence-corrected chi connectivity index (χ0v) is 25.4. The Labute approximate surface area is 261 Å². The monoisotopic (exact) mass is 663 g/mol. The summed E-state index contributed by atoms with van der Waals surface area (Å²) in [5, 5.41) is 15.4. The lowest BCUT2D eigenvalue weighted by molar-refractivity contribution is -0.274. The highest BCUT2D eigenvalue weighted by molar-refractivity contribution is 7.99. The van der Waals surface area contributed by atoms with Gasteiger partial charge in [0.1, 0.15) is 17.3 Å². The van der Waals surface area contributed by atoms with Gasteiger partial charge in [-0.2, -0.15) is 0 Å². The molecule has 0 spiro atoms. The number of aromatic hydroxyl groups is 1. The van der Waals surface area contributed by atoms with Crippen LogP contribution in [0.25, 0.3) is 0 Å². The number of alkyl halides is 3. The molecule has 0 saturated heterocycles. The average molecular weight is 664 g/mol. The lowest BCUT2D eigenvalue weighted by atomic mass is 9.96. The minimum atomic E-state index is -4.74. The summed E-state index contributed by atoms with van der Waals surface area (Å²) in [6.07, 6.45) is -2.95. The molecule has 0 aromatic heterocycles. The molecule has 4 rings (SSSR count). The summed E-state index contributed by atoms with van der Waals surface area (Å²) in [7, 11) is -4.14. The van der Waals surface area contributed by atoms with Gasteiger partial charge in [-0.1, -0.05) is 25.5 Å². The van der Waals surface area contributed by atoms with Gasteiger partial charge in [-0.3, -0.25) is 4.72 Å². The number of anilines is 3. The van der Waals surface area contributed by atoms with E-state index in [4.69, 9.17) is 0 Å². The molecule has 14 heteroatoms. The smallest absolute Gasteiger partial charge is 0.506 e. The number of phenolic OH excluding ortho intramolecular Hbond substituents is 1. The zero-order valence-electron chi connectivity index (χ0n) is 23.8. The van der Waals surface area contributed by atoms with Crippen molar-refractivity contribution < 1.29 is 40.6 Å². The third kappa shape index (κ3) is 10.0. The van der Waals surface area contributed by atoms with Crippen molar-refractivity contribution >= 4 is 44.9 Å². The lowest BCUT2D eigenvalue weighted by Crippen LogP contribution is -2.19. The van der Waals surface area contributed by atoms with Crippen LogP contribution in [-0.2, 0) is 10.0 Å². The summed E-state index contributed by atoms with van der Waals surface area (Å²) in [6.45, 7) is 2.06. The molecular weight excluding hydrogens is 634 g/mol. The van der Waals surface area contributed by atoms with Crippen molar-refractivity contribution in [2.45, 2.75) is 41.8 Å².